The molecule has 1 aromatic heterocycles. The van der Waals surface area contributed by atoms with Gasteiger partial charge in [-0.25, -0.2) is 4.79 Å². The second-order valence-corrected chi connectivity index (χ2v) is 5.99. The number of halogens is 4. The number of carbonyl (C=O) groups excluding carboxylic acids is 1. The molecule has 0 saturated carbocycles. The van der Waals surface area contributed by atoms with Crippen LogP contribution in [0.15, 0.2) is 57.9 Å². The van der Waals surface area contributed by atoms with E-state index in [1.54, 1.807) is 24.3 Å². The summed E-state index contributed by atoms with van der Waals surface area (Å²) in [7, 11) is 0. The number of alkyl halides is 3. The molecule has 0 aliphatic heterocycles. The zero-order chi connectivity index (χ0) is 20.3. The van der Waals surface area contributed by atoms with E-state index in [1.807, 2.05) is 0 Å². The molecule has 3 aromatic rings. The Labute approximate surface area is 160 Å². The first kappa shape index (κ1) is 19.4. The summed E-state index contributed by atoms with van der Waals surface area (Å²) in [5, 5.41) is 5.69. The van der Waals surface area contributed by atoms with Gasteiger partial charge in [0, 0.05) is 17.3 Å². The van der Waals surface area contributed by atoms with Crippen LogP contribution in [0.3, 0.4) is 0 Å². The Morgan fingerprint density at radius 2 is 2.00 bits per heavy atom. The van der Waals surface area contributed by atoms with Crippen LogP contribution in [0.25, 0.3) is 17.5 Å². The van der Waals surface area contributed by atoms with Crippen molar-refractivity contribution in [2.45, 2.75) is 6.18 Å². The summed E-state index contributed by atoms with van der Waals surface area (Å²) in [5.74, 6) is -1.08. The van der Waals surface area contributed by atoms with Crippen molar-refractivity contribution in [2.24, 2.45) is 0 Å². The number of benzene rings is 2. The van der Waals surface area contributed by atoms with E-state index in [0.29, 0.717) is 11.3 Å². The van der Waals surface area contributed by atoms with Gasteiger partial charge in [0.05, 0.1) is 10.6 Å². The van der Waals surface area contributed by atoms with Crippen molar-refractivity contribution in [1.29, 1.82) is 0 Å². The van der Waals surface area contributed by atoms with Crippen LogP contribution in [-0.2, 0) is 11.0 Å². The first-order valence-corrected chi connectivity index (χ1v) is 8.12. The molecule has 28 heavy (non-hydrogen) atoms. The van der Waals surface area contributed by atoms with Crippen LogP contribution in [0.4, 0.5) is 18.9 Å². The maximum absolute atomic E-state index is 12.9. The summed E-state index contributed by atoms with van der Waals surface area (Å²) < 4.78 is 43.0. The maximum atomic E-state index is 12.9. The molecular weight excluding hydrogens is 399 g/mol. The molecule has 0 fully saturated rings. The van der Waals surface area contributed by atoms with Crippen LogP contribution in [0.5, 0.6) is 0 Å². The molecular formula is C18H11ClF3N3O3. The van der Waals surface area contributed by atoms with Crippen molar-refractivity contribution < 1.29 is 22.5 Å². The van der Waals surface area contributed by atoms with Gasteiger partial charge in [-0.2, -0.15) is 13.2 Å². The fraction of sp³-hybridized carbons (Fsp3) is 0.0556. The Morgan fingerprint density at radius 1 is 1.21 bits per heavy atom. The van der Waals surface area contributed by atoms with Gasteiger partial charge in [0.25, 0.3) is 0 Å². The molecule has 0 atom stereocenters. The third kappa shape index (κ3) is 4.68. The summed E-state index contributed by atoms with van der Waals surface area (Å²) in [6.07, 6.45) is -2.26. The molecule has 2 N–H and O–H groups in total. The van der Waals surface area contributed by atoms with Gasteiger partial charge in [0.2, 0.25) is 5.91 Å². The molecule has 0 saturated heterocycles. The minimum absolute atomic E-state index is 0.167. The highest BCUT2D eigenvalue weighted by Crippen LogP contribution is 2.35. The zero-order valence-corrected chi connectivity index (χ0v) is 14.6. The molecule has 1 heterocycles. The molecule has 144 valence electrons. The standard InChI is InChI=1S/C18H11ClF3N3O3/c19-14-6-4-10(8-13(14)18(20,21)22)5-7-15(26)23-12-3-1-2-11(9-12)16-24-17(27)28-25-16/h1-9H,(H,23,26)(H,24,25,27)/b7-5+. The Morgan fingerprint density at radius 3 is 2.68 bits per heavy atom. The van der Waals surface area contributed by atoms with Crippen molar-refractivity contribution in [1.82, 2.24) is 10.1 Å². The van der Waals surface area contributed by atoms with E-state index in [9.17, 15) is 22.8 Å². The van der Waals surface area contributed by atoms with Crippen molar-refractivity contribution in [3.8, 4) is 11.4 Å². The molecule has 0 bridgehead atoms. The Bertz CT molecular complexity index is 1100. The Balaban J connectivity index is 1.73. The van der Waals surface area contributed by atoms with Crippen molar-refractivity contribution in [3.05, 3.63) is 75.2 Å². The van der Waals surface area contributed by atoms with Gasteiger partial charge in [-0.15, -0.1) is 0 Å². The number of aromatic nitrogens is 2. The quantitative estimate of drug-likeness (QED) is 0.627. The predicted octanol–water partition coefficient (Wildman–Crippen LogP) is 4.35. The highest BCUT2D eigenvalue weighted by Gasteiger charge is 2.33. The van der Waals surface area contributed by atoms with Gasteiger partial charge < -0.3 is 5.32 Å². The number of carbonyl (C=O) groups is 1. The Hall–Kier alpha value is -3.33. The zero-order valence-electron chi connectivity index (χ0n) is 13.9. The lowest BCUT2D eigenvalue weighted by atomic mass is 10.1. The molecule has 0 spiro atoms. The van der Waals surface area contributed by atoms with Crippen LogP contribution in [-0.4, -0.2) is 16.0 Å². The second-order valence-electron chi connectivity index (χ2n) is 5.58. The lowest BCUT2D eigenvalue weighted by Crippen LogP contribution is -2.08. The van der Waals surface area contributed by atoms with Crippen molar-refractivity contribution >= 4 is 29.3 Å². The van der Waals surface area contributed by atoms with E-state index >= 15 is 0 Å². The number of H-pyrrole nitrogens is 1. The second kappa shape index (κ2) is 7.73. The van der Waals surface area contributed by atoms with Crippen LogP contribution in [0, 0.1) is 0 Å². The topological polar surface area (TPSA) is 88.0 Å². The molecule has 6 nitrogen and oxygen atoms in total. The Kier molecular flexibility index (Phi) is 5.36. The van der Waals surface area contributed by atoms with Crippen molar-refractivity contribution in [2.75, 3.05) is 5.32 Å². The largest absolute Gasteiger partial charge is 0.439 e. The summed E-state index contributed by atoms with van der Waals surface area (Å²) >= 11 is 5.56. The van der Waals surface area contributed by atoms with Gasteiger partial charge in [-0.05, 0) is 35.9 Å². The fourth-order valence-corrected chi connectivity index (χ4v) is 2.54. The molecule has 0 radical (unpaired) electrons. The van der Waals surface area contributed by atoms with Gasteiger partial charge in [0.1, 0.15) is 0 Å². The number of aromatic amines is 1. The first-order chi connectivity index (χ1) is 13.2. The summed E-state index contributed by atoms with van der Waals surface area (Å²) in [5.41, 5.74) is 0.0788. The molecule has 3 rings (SSSR count). The van der Waals surface area contributed by atoms with Gasteiger partial charge in [0.15, 0.2) is 5.82 Å². The summed E-state index contributed by atoms with van der Waals surface area (Å²) in [4.78, 5) is 25.4. The van der Waals surface area contributed by atoms with Crippen molar-refractivity contribution in [3.63, 3.8) is 0 Å². The van der Waals surface area contributed by atoms with Crippen LogP contribution in [0.2, 0.25) is 5.02 Å². The summed E-state index contributed by atoms with van der Waals surface area (Å²) in [6.45, 7) is 0. The number of amides is 1. The average molecular weight is 410 g/mol. The van der Waals surface area contributed by atoms with Crippen LogP contribution in [0.1, 0.15) is 11.1 Å². The normalized spacial score (nSPS) is 11.7. The summed E-state index contributed by atoms with van der Waals surface area (Å²) in [6, 6.07) is 9.74. The highest BCUT2D eigenvalue weighted by molar-refractivity contribution is 6.31. The fourth-order valence-electron chi connectivity index (χ4n) is 2.32. The molecule has 0 aliphatic carbocycles. The lowest BCUT2D eigenvalue weighted by molar-refractivity contribution is -0.137. The van der Waals surface area contributed by atoms with E-state index in [1.165, 1.54) is 12.1 Å². The van der Waals surface area contributed by atoms with Gasteiger partial charge >= 0.3 is 11.9 Å². The van der Waals surface area contributed by atoms with E-state index < -0.39 is 28.4 Å². The average Bonchev–Trinajstić information content (AvgIpc) is 3.07. The molecule has 10 heteroatoms. The molecule has 2 aromatic carbocycles. The van der Waals surface area contributed by atoms with Crippen LogP contribution < -0.4 is 11.1 Å². The number of anilines is 1. The smallest absolute Gasteiger partial charge is 0.322 e. The van der Waals surface area contributed by atoms with E-state index in [4.69, 9.17) is 11.6 Å². The van der Waals surface area contributed by atoms with E-state index in [0.717, 1.165) is 18.2 Å². The first-order valence-electron chi connectivity index (χ1n) is 7.74. The van der Waals surface area contributed by atoms with E-state index in [-0.39, 0.29) is 11.4 Å². The monoisotopic (exact) mass is 409 g/mol. The number of nitrogens with one attached hydrogen (secondary N) is 2. The lowest BCUT2D eigenvalue weighted by Gasteiger charge is -2.09. The SMILES string of the molecule is O=C(/C=C/c1ccc(Cl)c(C(F)(F)F)c1)Nc1cccc(-c2noc(=O)[nH]2)c1. The highest BCUT2D eigenvalue weighted by atomic mass is 35.5. The molecule has 0 aliphatic rings. The number of hydrogen-bond donors (Lipinski definition) is 2. The predicted molar refractivity (Wildman–Crippen MR) is 96.7 cm³/mol. The van der Waals surface area contributed by atoms with Gasteiger partial charge in [-0.3, -0.25) is 14.3 Å². The number of hydrogen-bond acceptors (Lipinski definition) is 4. The minimum Gasteiger partial charge on any atom is -0.322 e. The van der Waals surface area contributed by atoms with Crippen LogP contribution >= 0.6 is 11.6 Å². The third-order valence-electron chi connectivity index (χ3n) is 3.57. The van der Waals surface area contributed by atoms with Gasteiger partial charge in [-0.1, -0.05) is 35.0 Å². The molecule has 0 unspecified atom stereocenters. The maximum Gasteiger partial charge on any atom is 0.439 e. The van der Waals surface area contributed by atoms with E-state index in [2.05, 4.69) is 20.0 Å². The number of nitrogens with zero attached hydrogens (tertiary/aromatic N) is 1. The third-order valence-corrected chi connectivity index (χ3v) is 3.90. The minimum atomic E-state index is -4.59. The number of rotatable bonds is 4. The molecule has 1 amide bonds.